The van der Waals surface area contributed by atoms with Crippen LogP contribution >= 0.6 is 0 Å². The Bertz CT molecular complexity index is 462. The van der Waals surface area contributed by atoms with Crippen molar-refractivity contribution in [3.05, 3.63) is 29.8 Å². The lowest BCUT2D eigenvalue weighted by atomic mass is 9.99. The lowest BCUT2D eigenvalue weighted by Gasteiger charge is -2.29. The van der Waals surface area contributed by atoms with E-state index in [4.69, 9.17) is 0 Å². The molecule has 1 aliphatic rings. The third kappa shape index (κ3) is 4.85. The predicted molar refractivity (Wildman–Crippen MR) is 88.6 cm³/mol. The van der Waals surface area contributed by atoms with Crippen LogP contribution in [-0.4, -0.2) is 30.4 Å². The van der Waals surface area contributed by atoms with Gasteiger partial charge in [-0.05, 0) is 49.4 Å². The van der Waals surface area contributed by atoms with Crippen LogP contribution in [0.25, 0.3) is 0 Å². The Kier molecular flexibility index (Phi) is 5.80. The van der Waals surface area contributed by atoms with Gasteiger partial charge < -0.3 is 10.2 Å². The molecule has 3 nitrogen and oxygen atoms in total. The van der Waals surface area contributed by atoms with Crippen molar-refractivity contribution in [1.82, 2.24) is 4.90 Å². The SMILES string of the molecule is CC1CCN(CCC(=O)Nc2ccccc2C(C)C)CC1. The Morgan fingerprint density at radius 2 is 1.95 bits per heavy atom. The molecule has 1 amide bonds. The largest absolute Gasteiger partial charge is 0.326 e. The van der Waals surface area contributed by atoms with E-state index < -0.39 is 0 Å². The molecule has 0 bridgehead atoms. The number of amides is 1. The number of carbonyl (C=O) groups is 1. The zero-order chi connectivity index (χ0) is 15.2. The number of carbonyl (C=O) groups excluding carboxylic acids is 1. The van der Waals surface area contributed by atoms with E-state index in [1.165, 1.54) is 18.4 Å². The van der Waals surface area contributed by atoms with Crippen LogP contribution in [0.4, 0.5) is 5.69 Å². The molecule has 1 N–H and O–H groups in total. The third-order valence-corrected chi connectivity index (χ3v) is 4.39. The van der Waals surface area contributed by atoms with E-state index in [-0.39, 0.29) is 5.91 Å². The Labute approximate surface area is 128 Å². The first-order valence-electron chi connectivity index (χ1n) is 8.17. The predicted octanol–water partition coefficient (Wildman–Crippen LogP) is 3.87. The van der Waals surface area contributed by atoms with Crippen molar-refractivity contribution in [2.75, 3.05) is 25.0 Å². The summed E-state index contributed by atoms with van der Waals surface area (Å²) in [5, 5.41) is 3.07. The van der Waals surface area contributed by atoms with Crippen LogP contribution in [0.3, 0.4) is 0 Å². The molecular formula is C18H28N2O. The van der Waals surface area contributed by atoms with Gasteiger partial charge in [0.05, 0.1) is 0 Å². The van der Waals surface area contributed by atoms with E-state index in [9.17, 15) is 4.79 Å². The zero-order valence-corrected chi connectivity index (χ0v) is 13.6. The summed E-state index contributed by atoms with van der Waals surface area (Å²) in [4.78, 5) is 14.6. The van der Waals surface area contributed by atoms with Crippen LogP contribution in [-0.2, 0) is 4.79 Å². The summed E-state index contributed by atoms with van der Waals surface area (Å²) in [6.07, 6.45) is 3.11. The van der Waals surface area contributed by atoms with E-state index in [1.807, 2.05) is 18.2 Å². The van der Waals surface area contributed by atoms with Crippen LogP contribution in [0.5, 0.6) is 0 Å². The molecular weight excluding hydrogens is 260 g/mol. The average Bonchev–Trinajstić information content (AvgIpc) is 2.47. The van der Waals surface area contributed by atoms with Crippen molar-refractivity contribution < 1.29 is 4.79 Å². The van der Waals surface area contributed by atoms with Crippen LogP contribution < -0.4 is 5.32 Å². The van der Waals surface area contributed by atoms with Gasteiger partial charge in [0.2, 0.25) is 5.91 Å². The van der Waals surface area contributed by atoms with Crippen LogP contribution in [0, 0.1) is 5.92 Å². The second kappa shape index (κ2) is 7.60. The molecule has 3 heteroatoms. The van der Waals surface area contributed by atoms with Crippen LogP contribution in [0.2, 0.25) is 0 Å². The van der Waals surface area contributed by atoms with Gasteiger partial charge in [-0.1, -0.05) is 39.0 Å². The monoisotopic (exact) mass is 288 g/mol. The molecule has 1 aromatic rings. The minimum atomic E-state index is 0.127. The van der Waals surface area contributed by atoms with Gasteiger partial charge >= 0.3 is 0 Å². The molecule has 1 aromatic carbocycles. The number of benzene rings is 1. The van der Waals surface area contributed by atoms with Gasteiger partial charge in [0.1, 0.15) is 0 Å². The van der Waals surface area contributed by atoms with Gasteiger partial charge in [0.25, 0.3) is 0 Å². The van der Waals surface area contributed by atoms with E-state index in [0.29, 0.717) is 12.3 Å². The molecule has 1 fully saturated rings. The van der Waals surface area contributed by atoms with E-state index in [0.717, 1.165) is 31.2 Å². The lowest BCUT2D eigenvalue weighted by Crippen LogP contribution is -2.35. The topological polar surface area (TPSA) is 32.3 Å². The van der Waals surface area contributed by atoms with Gasteiger partial charge in [0, 0.05) is 18.7 Å². The number of nitrogens with one attached hydrogen (secondary N) is 1. The summed E-state index contributed by atoms with van der Waals surface area (Å²) in [6.45, 7) is 9.77. The molecule has 0 radical (unpaired) electrons. The standard InChI is InChI=1S/C18H28N2O/c1-14(2)16-6-4-5-7-17(16)19-18(21)10-13-20-11-8-15(3)9-12-20/h4-7,14-15H,8-13H2,1-3H3,(H,19,21). The summed E-state index contributed by atoms with van der Waals surface area (Å²) in [5.74, 6) is 1.39. The van der Waals surface area contributed by atoms with E-state index in [1.54, 1.807) is 0 Å². The highest BCUT2D eigenvalue weighted by Crippen LogP contribution is 2.23. The molecule has 1 heterocycles. The Balaban J connectivity index is 1.82. The second-order valence-corrected chi connectivity index (χ2v) is 6.56. The van der Waals surface area contributed by atoms with Crippen molar-refractivity contribution in [1.29, 1.82) is 0 Å². The summed E-state index contributed by atoms with van der Waals surface area (Å²) in [5.41, 5.74) is 2.17. The number of likely N-dealkylation sites (tertiary alicyclic amines) is 1. The molecule has 0 aromatic heterocycles. The van der Waals surface area contributed by atoms with Gasteiger partial charge in [-0.2, -0.15) is 0 Å². The molecule has 1 aliphatic heterocycles. The Morgan fingerprint density at radius 1 is 1.29 bits per heavy atom. The first kappa shape index (κ1) is 16.0. The number of hydrogen-bond acceptors (Lipinski definition) is 2. The van der Waals surface area contributed by atoms with E-state index >= 15 is 0 Å². The number of para-hydroxylation sites is 1. The number of hydrogen-bond donors (Lipinski definition) is 1. The third-order valence-electron chi connectivity index (χ3n) is 4.39. The molecule has 21 heavy (non-hydrogen) atoms. The molecule has 0 saturated carbocycles. The smallest absolute Gasteiger partial charge is 0.225 e. The fraction of sp³-hybridized carbons (Fsp3) is 0.611. The molecule has 2 rings (SSSR count). The quantitative estimate of drug-likeness (QED) is 0.892. The Hall–Kier alpha value is -1.35. The Morgan fingerprint density at radius 3 is 2.62 bits per heavy atom. The molecule has 0 atom stereocenters. The zero-order valence-electron chi connectivity index (χ0n) is 13.6. The highest BCUT2D eigenvalue weighted by atomic mass is 16.1. The van der Waals surface area contributed by atoms with Crippen molar-refractivity contribution in [2.24, 2.45) is 5.92 Å². The maximum atomic E-state index is 12.2. The summed E-state index contributed by atoms with van der Waals surface area (Å²) in [7, 11) is 0. The van der Waals surface area contributed by atoms with Gasteiger partial charge in [-0.15, -0.1) is 0 Å². The number of rotatable bonds is 5. The summed E-state index contributed by atoms with van der Waals surface area (Å²) < 4.78 is 0. The molecule has 0 spiro atoms. The molecule has 0 unspecified atom stereocenters. The van der Waals surface area contributed by atoms with Crippen molar-refractivity contribution in [3.8, 4) is 0 Å². The van der Waals surface area contributed by atoms with Crippen LogP contribution in [0.1, 0.15) is 51.5 Å². The number of anilines is 1. The maximum absolute atomic E-state index is 12.2. The van der Waals surface area contributed by atoms with Gasteiger partial charge in [-0.25, -0.2) is 0 Å². The highest BCUT2D eigenvalue weighted by Gasteiger charge is 2.16. The van der Waals surface area contributed by atoms with Crippen LogP contribution in [0.15, 0.2) is 24.3 Å². The summed E-state index contributed by atoms with van der Waals surface area (Å²) >= 11 is 0. The minimum absolute atomic E-state index is 0.127. The van der Waals surface area contributed by atoms with Crippen molar-refractivity contribution >= 4 is 11.6 Å². The van der Waals surface area contributed by atoms with E-state index in [2.05, 4.69) is 37.1 Å². The molecule has 0 aliphatic carbocycles. The lowest BCUT2D eigenvalue weighted by molar-refractivity contribution is -0.116. The minimum Gasteiger partial charge on any atom is -0.326 e. The first-order valence-corrected chi connectivity index (χ1v) is 8.17. The first-order chi connectivity index (χ1) is 10.1. The molecule has 1 saturated heterocycles. The molecule has 116 valence electrons. The fourth-order valence-electron chi connectivity index (χ4n) is 2.87. The van der Waals surface area contributed by atoms with Gasteiger partial charge in [0.15, 0.2) is 0 Å². The average molecular weight is 288 g/mol. The second-order valence-electron chi connectivity index (χ2n) is 6.56. The van der Waals surface area contributed by atoms with Gasteiger partial charge in [-0.3, -0.25) is 4.79 Å². The maximum Gasteiger partial charge on any atom is 0.225 e. The van der Waals surface area contributed by atoms with Crippen molar-refractivity contribution in [3.63, 3.8) is 0 Å². The van der Waals surface area contributed by atoms with Crippen molar-refractivity contribution in [2.45, 2.75) is 46.0 Å². The summed E-state index contributed by atoms with van der Waals surface area (Å²) in [6, 6.07) is 8.09. The highest BCUT2D eigenvalue weighted by molar-refractivity contribution is 5.91. The number of piperidine rings is 1. The fourth-order valence-corrected chi connectivity index (χ4v) is 2.87. The normalized spacial score (nSPS) is 17.1. The number of nitrogens with zero attached hydrogens (tertiary/aromatic N) is 1.